The van der Waals surface area contributed by atoms with E-state index >= 15 is 0 Å². The van der Waals surface area contributed by atoms with Gasteiger partial charge in [0.15, 0.2) is 0 Å². The Morgan fingerprint density at radius 2 is 1.75 bits per heavy atom. The second-order valence-electron chi connectivity index (χ2n) is 5.66. The van der Waals surface area contributed by atoms with Crippen molar-refractivity contribution >= 4 is 5.91 Å². The molecule has 2 saturated carbocycles. The third kappa shape index (κ3) is 2.76. The minimum atomic E-state index is 0.0810. The Bertz CT molecular complexity index is 247. The van der Waals surface area contributed by atoms with Gasteiger partial charge in [0, 0.05) is 18.6 Å². The van der Waals surface area contributed by atoms with Gasteiger partial charge in [0.2, 0.25) is 5.91 Å². The van der Waals surface area contributed by atoms with Crippen LogP contribution in [-0.4, -0.2) is 23.7 Å². The molecule has 92 valence electrons. The first-order valence-electron chi connectivity index (χ1n) is 6.54. The Morgan fingerprint density at radius 1 is 1.25 bits per heavy atom. The number of rotatable bonds is 6. The van der Waals surface area contributed by atoms with Gasteiger partial charge in [-0.3, -0.25) is 4.79 Å². The summed E-state index contributed by atoms with van der Waals surface area (Å²) in [5, 5.41) is 12.1. The molecule has 0 bridgehead atoms. The van der Waals surface area contributed by atoms with E-state index in [1.807, 2.05) is 13.8 Å². The number of nitrogens with one attached hydrogen (secondary N) is 1. The van der Waals surface area contributed by atoms with Gasteiger partial charge in [0.1, 0.15) is 0 Å². The quantitative estimate of drug-likeness (QED) is 0.720. The lowest BCUT2D eigenvalue weighted by atomic mass is 9.95. The zero-order chi connectivity index (χ0) is 11.7. The lowest BCUT2D eigenvalue weighted by Gasteiger charge is -2.23. The lowest BCUT2D eigenvalue weighted by molar-refractivity contribution is -0.127. The maximum atomic E-state index is 12.1. The summed E-state index contributed by atoms with van der Waals surface area (Å²) in [7, 11) is 0. The average Bonchev–Trinajstić information content (AvgIpc) is 3.09. The molecule has 2 rings (SSSR count). The van der Waals surface area contributed by atoms with Crippen molar-refractivity contribution in [3.63, 3.8) is 0 Å². The molecule has 2 atom stereocenters. The summed E-state index contributed by atoms with van der Waals surface area (Å²) >= 11 is 0. The van der Waals surface area contributed by atoms with Crippen LogP contribution in [0.4, 0.5) is 0 Å². The Kier molecular flexibility index (Phi) is 3.53. The van der Waals surface area contributed by atoms with Gasteiger partial charge in [-0.1, -0.05) is 6.92 Å². The molecule has 3 heteroatoms. The van der Waals surface area contributed by atoms with Crippen LogP contribution in [0.1, 0.15) is 39.5 Å². The molecule has 0 aromatic heterocycles. The molecule has 16 heavy (non-hydrogen) atoms. The molecule has 3 nitrogen and oxygen atoms in total. The molecule has 2 fully saturated rings. The minimum Gasteiger partial charge on any atom is -0.396 e. The van der Waals surface area contributed by atoms with Gasteiger partial charge in [-0.05, 0) is 50.4 Å². The van der Waals surface area contributed by atoms with E-state index in [1.54, 1.807) is 0 Å². The number of aliphatic hydroxyl groups excluding tert-OH is 1. The van der Waals surface area contributed by atoms with E-state index in [2.05, 4.69) is 5.32 Å². The van der Waals surface area contributed by atoms with Crippen LogP contribution in [-0.2, 0) is 4.79 Å². The zero-order valence-corrected chi connectivity index (χ0v) is 10.3. The van der Waals surface area contributed by atoms with Crippen molar-refractivity contribution in [2.24, 2.45) is 23.7 Å². The SMILES string of the molecule is CC(CO)C(C)NC(=O)C(C1CC1)C1CC1. The highest BCUT2D eigenvalue weighted by Crippen LogP contribution is 2.49. The van der Waals surface area contributed by atoms with Crippen LogP contribution in [0.5, 0.6) is 0 Å². The number of aliphatic hydroxyl groups is 1. The maximum Gasteiger partial charge on any atom is 0.223 e. The molecule has 1 amide bonds. The van der Waals surface area contributed by atoms with Crippen molar-refractivity contribution in [1.29, 1.82) is 0 Å². The monoisotopic (exact) mass is 225 g/mol. The van der Waals surface area contributed by atoms with E-state index in [1.165, 1.54) is 25.7 Å². The maximum absolute atomic E-state index is 12.1. The largest absolute Gasteiger partial charge is 0.396 e. The highest BCUT2D eigenvalue weighted by molar-refractivity contribution is 5.80. The molecular weight excluding hydrogens is 202 g/mol. The van der Waals surface area contributed by atoms with E-state index in [0.29, 0.717) is 11.8 Å². The van der Waals surface area contributed by atoms with Crippen molar-refractivity contribution in [3.8, 4) is 0 Å². The van der Waals surface area contributed by atoms with Crippen molar-refractivity contribution < 1.29 is 9.90 Å². The number of carbonyl (C=O) groups is 1. The molecule has 2 aliphatic carbocycles. The molecule has 0 spiro atoms. The summed E-state index contributed by atoms with van der Waals surface area (Å²) in [6.07, 6.45) is 4.94. The first-order valence-corrected chi connectivity index (χ1v) is 6.54. The van der Waals surface area contributed by atoms with E-state index in [4.69, 9.17) is 5.11 Å². The predicted octanol–water partition coefficient (Wildman–Crippen LogP) is 1.56. The Morgan fingerprint density at radius 3 is 2.12 bits per heavy atom. The highest BCUT2D eigenvalue weighted by atomic mass is 16.3. The molecule has 2 aliphatic rings. The molecule has 0 heterocycles. The fourth-order valence-electron chi connectivity index (χ4n) is 2.34. The van der Waals surface area contributed by atoms with E-state index < -0.39 is 0 Å². The summed E-state index contributed by atoms with van der Waals surface area (Å²) in [4.78, 5) is 12.1. The average molecular weight is 225 g/mol. The summed E-state index contributed by atoms with van der Waals surface area (Å²) in [6.45, 7) is 4.09. The lowest BCUT2D eigenvalue weighted by Crippen LogP contribution is -2.42. The molecular formula is C13H23NO2. The highest BCUT2D eigenvalue weighted by Gasteiger charge is 2.45. The normalized spacial score (nSPS) is 24.2. The smallest absolute Gasteiger partial charge is 0.223 e. The Labute approximate surface area is 97.6 Å². The van der Waals surface area contributed by atoms with Gasteiger partial charge >= 0.3 is 0 Å². The molecule has 0 aromatic carbocycles. The van der Waals surface area contributed by atoms with Crippen LogP contribution in [0.2, 0.25) is 0 Å². The van der Waals surface area contributed by atoms with E-state index in [0.717, 1.165) is 0 Å². The molecule has 0 aromatic rings. The standard InChI is InChI=1S/C13H23NO2/c1-8(7-15)9(2)14-13(16)12(10-3-4-10)11-5-6-11/h8-12,15H,3-7H2,1-2H3,(H,14,16). The van der Waals surface area contributed by atoms with Gasteiger partial charge in [0.05, 0.1) is 0 Å². The topological polar surface area (TPSA) is 49.3 Å². The summed E-state index contributed by atoms with van der Waals surface area (Å²) in [6, 6.07) is 0.0810. The molecule has 2 unspecified atom stereocenters. The van der Waals surface area contributed by atoms with Crippen molar-refractivity contribution in [3.05, 3.63) is 0 Å². The van der Waals surface area contributed by atoms with Gasteiger partial charge in [-0.15, -0.1) is 0 Å². The van der Waals surface area contributed by atoms with Crippen molar-refractivity contribution in [2.75, 3.05) is 6.61 Å². The van der Waals surface area contributed by atoms with Crippen LogP contribution < -0.4 is 5.32 Å². The molecule has 0 saturated heterocycles. The first kappa shape index (κ1) is 11.9. The van der Waals surface area contributed by atoms with Crippen LogP contribution in [0.3, 0.4) is 0 Å². The second-order valence-corrected chi connectivity index (χ2v) is 5.66. The van der Waals surface area contributed by atoms with E-state index in [-0.39, 0.29) is 30.4 Å². The second kappa shape index (κ2) is 4.74. The van der Waals surface area contributed by atoms with Gasteiger partial charge in [-0.25, -0.2) is 0 Å². The fourth-order valence-corrected chi connectivity index (χ4v) is 2.34. The van der Waals surface area contributed by atoms with Crippen LogP contribution in [0, 0.1) is 23.7 Å². The van der Waals surface area contributed by atoms with Crippen LogP contribution in [0.25, 0.3) is 0 Å². The van der Waals surface area contributed by atoms with Gasteiger partial charge < -0.3 is 10.4 Å². The molecule has 0 radical (unpaired) electrons. The summed E-state index contributed by atoms with van der Waals surface area (Å²) in [5.74, 6) is 1.96. The number of hydrogen-bond acceptors (Lipinski definition) is 2. The third-order valence-electron chi connectivity index (χ3n) is 4.07. The number of amides is 1. The number of hydrogen-bond donors (Lipinski definition) is 2. The van der Waals surface area contributed by atoms with Crippen molar-refractivity contribution in [2.45, 2.75) is 45.6 Å². The number of carbonyl (C=O) groups excluding carboxylic acids is 1. The summed E-state index contributed by atoms with van der Waals surface area (Å²) in [5.41, 5.74) is 0. The van der Waals surface area contributed by atoms with Crippen molar-refractivity contribution in [1.82, 2.24) is 5.32 Å². The third-order valence-corrected chi connectivity index (χ3v) is 4.07. The first-order chi connectivity index (χ1) is 7.63. The van der Waals surface area contributed by atoms with Gasteiger partial charge in [-0.2, -0.15) is 0 Å². The minimum absolute atomic E-state index is 0.0810. The summed E-state index contributed by atoms with van der Waals surface area (Å²) < 4.78 is 0. The molecule has 0 aliphatic heterocycles. The van der Waals surface area contributed by atoms with E-state index in [9.17, 15) is 4.79 Å². The predicted molar refractivity (Wildman–Crippen MR) is 62.8 cm³/mol. The Hall–Kier alpha value is -0.570. The molecule has 2 N–H and O–H groups in total. The van der Waals surface area contributed by atoms with Crippen LogP contribution in [0.15, 0.2) is 0 Å². The fraction of sp³-hybridized carbons (Fsp3) is 0.923. The Balaban J connectivity index is 1.85. The van der Waals surface area contributed by atoms with Gasteiger partial charge in [0.25, 0.3) is 0 Å². The van der Waals surface area contributed by atoms with Crippen LogP contribution >= 0.6 is 0 Å². The zero-order valence-electron chi connectivity index (χ0n) is 10.3.